The first-order valence-corrected chi connectivity index (χ1v) is 12.8. The van der Waals surface area contributed by atoms with Gasteiger partial charge in [0.25, 0.3) is 0 Å². The molecule has 3 heterocycles. The Morgan fingerprint density at radius 2 is 1.78 bits per heavy atom. The van der Waals surface area contributed by atoms with Gasteiger partial charge in [0, 0.05) is 21.6 Å². The molecule has 8 heteroatoms. The fourth-order valence-electron chi connectivity index (χ4n) is 4.01. The van der Waals surface area contributed by atoms with Crippen LogP contribution in [0.2, 0.25) is 0 Å². The van der Waals surface area contributed by atoms with Crippen LogP contribution in [-0.2, 0) is 9.53 Å². The van der Waals surface area contributed by atoms with Crippen LogP contribution in [0.25, 0.3) is 5.00 Å². The Labute approximate surface area is 216 Å². The van der Waals surface area contributed by atoms with Gasteiger partial charge in [0.05, 0.1) is 17.7 Å². The first-order chi connectivity index (χ1) is 16.7. The number of benzene rings is 1. The second-order valence-corrected chi connectivity index (χ2v) is 11.9. The molecule has 1 aliphatic heterocycles. The summed E-state index contributed by atoms with van der Waals surface area (Å²) in [6.45, 7) is 15.5. The van der Waals surface area contributed by atoms with Crippen molar-refractivity contribution in [2.24, 2.45) is 10.7 Å². The van der Waals surface area contributed by atoms with Crippen LogP contribution < -0.4 is 5.73 Å². The van der Waals surface area contributed by atoms with Crippen molar-refractivity contribution in [2.75, 3.05) is 0 Å². The van der Waals surface area contributed by atoms with Gasteiger partial charge < -0.3 is 10.5 Å². The van der Waals surface area contributed by atoms with Gasteiger partial charge in [-0.15, -0.1) is 21.5 Å². The minimum Gasteiger partial charge on any atom is -0.460 e. The molecule has 0 saturated heterocycles. The number of aromatic nitrogens is 3. The number of fused-ring (bicyclic) bond motifs is 3. The lowest BCUT2D eigenvalue weighted by atomic mass is 9.98. The van der Waals surface area contributed by atoms with E-state index in [1.54, 1.807) is 11.3 Å². The highest BCUT2D eigenvalue weighted by molar-refractivity contribution is 7.15. The Balaban J connectivity index is 1.85. The van der Waals surface area contributed by atoms with E-state index < -0.39 is 17.2 Å². The second-order valence-electron chi connectivity index (χ2n) is 10.7. The van der Waals surface area contributed by atoms with Gasteiger partial charge in [-0.3, -0.25) is 14.4 Å². The van der Waals surface area contributed by atoms with E-state index in [1.165, 1.54) is 4.88 Å². The van der Waals surface area contributed by atoms with Crippen molar-refractivity contribution in [3.63, 3.8) is 0 Å². The summed E-state index contributed by atoms with van der Waals surface area (Å²) in [6, 6.07) is 7.46. The average Bonchev–Trinajstić information content (AvgIpc) is 3.23. The first-order valence-electron chi connectivity index (χ1n) is 12.0. The average molecular weight is 504 g/mol. The van der Waals surface area contributed by atoms with Crippen LogP contribution >= 0.6 is 11.3 Å². The minimum absolute atomic E-state index is 0.0705. The monoisotopic (exact) mass is 503 g/mol. The maximum atomic E-state index is 12.9. The van der Waals surface area contributed by atoms with Crippen LogP contribution in [0.3, 0.4) is 0 Å². The Morgan fingerprint density at radius 1 is 1.11 bits per heavy atom. The third kappa shape index (κ3) is 5.43. The highest BCUT2D eigenvalue weighted by atomic mass is 32.1. The lowest BCUT2D eigenvalue weighted by Gasteiger charge is -2.21. The Morgan fingerprint density at radius 3 is 2.39 bits per heavy atom. The number of carbonyl (C=O) groups is 1. The minimum atomic E-state index is -0.584. The molecule has 4 rings (SSSR count). The zero-order valence-corrected chi connectivity index (χ0v) is 23.0. The predicted molar refractivity (Wildman–Crippen MR) is 144 cm³/mol. The van der Waals surface area contributed by atoms with E-state index in [9.17, 15) is 4.79 Å². The smallest absolute Gasteiger partial charge is 0.308 e. The molecule has 0 unspecified atom stereocenters. The molecule has 1 atom stereocenters. The molecule has 1 aliphatic rings. The van der Waals surface area contributed by atoms with Crippen LogP contribution in [0.1, 0.15) is 85.9 Å². The van der Waals surface area contributed by atoms with Crippen molar-refractivity contribution in [3.05, 3.63) is 63.0 Å². The molecular formula is C28H33N5O2S. The van der Waals surface area contributed by atoms with E-state index >= 15 is 0 Å². The molecule has 188 valence electrons. The van der Waals surface area contributed by atoms with Gasteiger partial charge in [0.2, 0.25) is 0 Å². The Bertz CT molecular complexity index is 1400. The highest BCUT2D eigenvalue weighted by Gasteiger charge is 2.33. The molecule has 0 spiro atoms. The molecule has 0 amide bonds. The van der Waals surface area contributed by atoms with Gasteiger partial charge in [-0.2, -0.15) is 0 Å². The Hall–Kier alpha value is -3.28. The van der Waals surface area contributed by atoms with E-state index in [-0.39, 0.29) is 12.4 Å². The fourth-order valence-corrected chi connectivity index (χ4v) is 5.22. The van der Waals surface area contributed by atoms with Crippen LogP contribution in [0, 0.1) is 32.6 Å². The Kier molecular flexibility index (Phi) is 6.67. The molecule has 7 nitrogen and oxygen atoms in total. The number of rotatable bonds is 3. The summed E-state index contributed by atoms with van der Waals surface area (Å²) in [5, 5.41) is 9.80. The summed E-state index contributed by atoms with van der Waals surface area (Å²) in [7, 11) is 0. The van der Waals surface area contributed by atoms with Crippen LogP contribution in [0.5, 0.6) is 0 Å². The van der Waals surface area contributed by atoms with Crippen molar-refractivity contribution in [1.29, 1.82) is 0 Å². The van der Waals surface area contributed by atoms with Crippen molar-refractivity contribution in [3.8, 4) is 16.8 Å². The number of aryl methyl sites for hydroxylation is 2. The molecule has 0 fully saturated rings. The molecule has 0 saturated carbocycles. The quantitative estimate of drug-likeness (QED) is 0.402. The van der Waals surface area contributed by atoms with Gasteiger partial charge >= 0.3 is 5.97 Å². The SMILES string of the molecule is Cc1sc2c(c1C)C(c1ccc(C#CC(C)(C)N)cc1)=N[C@@H](CC(=O)OC(C)(C)C)c1nnc(C)n1-2. The van der Waals surface area contributed by atoms with E-state index in [0.717, 1.165) is 38.8 Å². The number of esters is 1. The zero-order chi connectivity index (χ0) is 26.4. The van der Waals surface area contributed by atoms with Crippen molar-refractivity contribution >= 4 is 23.0 Å². The van der Waals surface area contributed by atoms with Gasteiger partial charge in [0.15, 0.2) is 5.82 Å². The maximum absolute atomic E-state index is 12.9. The third-order valence-electron chi connectivity index (χ3n) is 5.71. The standard InChI is InChI=1S/C28H33N5O2S/c1-16-17(2)36-26-23(16)24(20-11-9-19(10-12-20)13-14-28(7,8)29)30-21(15-22(34)35-27(4,5)6)25-32-31-18(3)33(25)26/h9-12,21H,15,29H2,1-8H3/t21-/m0/s1. The number of carbonyl (C=O) groups excluding carboxylic acids is 1. The molecule has 0 radical (unpaired) electrons. The molecule has 1 aromatic carbocycles. The van der Waals surface area contributed by atoms with Crippen LogP contribution in [0.4, 0.5) is 0 Å². The lowest BCUT2D eigenvalue weighted by molar-refractivity contribution is -0.155. The number of nitrogens with zero attached hydrogens (tertiary/aromatic N) is 4. The van der Waals surface area contributed by atoms with Crippen LogP contribution in [0.15, 0.2) is 29.3 Å². The van der Waals surface area contributed by atoms with E-state index in [1.807, 2.05) is 70.4 Å². The predicted octanol–water partition coefficient (Wildman–Crippen LogP) is 4.97. The molecule has 2 N–H and O–H groups in total. The summed E-state index contributed by atoms with van der Waals surface area (Å²) in [6.07, 6.45) is 0.0705. The summed E-state index contributed by atoms with van der Waals surface area (Å²) in [5.41, 5.74) is 9.70. The summed E-state index contributed by atoms with van der Waals surface area (Å²) < 4.78 is 7.66. The maximum Gasteiger partial charge on any atom is 0.308 e. The summed E-state index contributed by atoms with van der Waals surface area (Å²) in [4.78, 5) is 19.2. The number of hydrogen-bond donors (Lipinski definition) is 1. The van der Waals surface area contributed by atoms with Gasteiger partial charge in [-0.05, 0) is 73.1 Å². The largest absolute Gasteiger partial charge is 0.460 e. The zero-order valence-electron chi connectivity index (χ0n) is 22.2. The summed E-state index contributed by atoms with van der Waals surface area (Å²) >= 11 is 1.68. The molecular weight excluding hydrogens is 470 g/mol. The highest BCUT2D eigenvalue weighted by Crippen LogP contribution is 2.39. The summed E-state index contributed by atoms with van der Waals surface area (Å²) in [5.74, 6) is 7.28. The molecule has 2 aromatic heterocycles. The van der Waals surface area contributed by atoms with Crippen molar-refractivity contribution in [1.82, 2.24) is 14.8 Å². The first kappa shape index (κ1) is 25.8. The van der Waals surface area contributed by atoms with Gasteiger partial charge in [-0.1, -0.05) is 24.0 Å². The number of thiophene rings is 1. The van der Waals surface area contributed by atoms with E-state index in [0.29, 0.717) is 5.82 Å². The second kappa shape index (κ2) is 9.30. The number of nitrogens with two attached hydrogens (primary N) is 1. The number of ether oxygens (including phenoxy) is 1. The molecule has 36 heavy (non-hydrogen) atoms. The van der Waals surface area contributed by atoms with Gasteiger partial charge in [0.1, 0.15) is 22.5 Å². The van der Waals surface area contributed by atoms with Crippen molar-refractivity contribution in [2.45, 2.75) is 79.0 Å². The van der Waals surface area contributed by atoms with E-state index in [4.69, 9.17) is 15.5 Å². The van der Waals surface area contributed by atoms with Gasteiger partial charge in [-0.25, -0.2) is 0 Å². The van der Waals surface area contributed by atoms with Crippen LogP contribution in [-0.4, -0.2) is 37.6 Å². The van der Waals surface area contributed by atoms with Crippen molar-refractivity contribution < 1.29 is 9.53 Å². The van der Waals surface area contributed by atoms with E-state index in [2.05, 4.69) is 35.9 Å². The molecule has 3 aromatic rings. The number of hydrogen-bond acceptors (Lipinski definition) is 7. The molecule has 0 aliphatic carbocycles. The normalized spacial score (nSPS) is 15.2. The molecule has 0 bridgehead atoms. The lowest BCUT2D eigenvalue weighted by Crippen LogP contribution is -2.29. The third-order valence-corrected chi connectivity index (χ3v) is 6.90. The fraction of sp³-hybridized carbons (Fsp3) is 0.429. The number of aliphatic imine (C=N–C) groups is 1. The topological polar surface area (TPSA) is 95.4 Å².